The molecule has 17 N–H and O–H groups in total. The van der Waals surface area contributed by atoms with Crippen molar-refractivity contribution < 1.29 is 38.7 Å². The Hall–Kier alpha value is -5.99. The zero-order valence-corrected chi connectivity index (χ0v) is 33.8. The molecule has 21 heteroatoms. The smallest absolute Gasteiger partial charge is 0.326 e. The van der Waals surface area contributed by atoms with E-state index in [-0.39, 0.29) is 76.0 Å². The number of carboxylic acids is 1. The zero-order chi connectivity index (χ0) is 43.8. The van der Waals surface area contributed by atoms with Gasteiger partial charge in [0.2, 0.25) is 35.4 Å². The maximum Gasteiger partial charge on any atom is 0.326 e. The third-order valence-corrected chi connectivity index (χ3v) is 8.84. The number of nitrogens with two attached hydrogens (primary N) is 5. The Balaban J connectivity index is 3.43. The van der Waals surface area contributed by atoms with Crippen molar-refractivity contribution in [2.75, 3.05) is 26.2 Å². The summed E-state index contributed by atoms with van der Waals surface area (Å²) in [5.41, 5.74) is 27.8. The molecule has 0 aliphatic carbocycles. The number of rotatable bonds is 27. The molecule has 1 aromatic carbocycles. The Labute approximate surface area is 338 Å². The average Bonchev–Trinajstić information content (AvgIpc) is 3.16. The van der Waals surface area contributed by atoms with Crippen LogP contribution >= 0.6 is 0 Å². The molecule has 324 valence electrons. The molecule has 6 atom stereocenters. The number of nitrogens with zero attached hydrogens (tertiary/aromatic N) is 2. The number of carbonyl (C=O) groups excluding carboxylic acids is 6. The number of guanidine groups is 2. The molecule has 1 rings (SSSR count). The van der Waals surface area contributed by atoms with E-state index in [2.05, 4.69) is 41.9 Å². The predicted molar refractivity (Wildman–Crippen MR) is 218 cm³/mol. The molecule has 0 bridgehead atoms. The normalized spacial score (nSPS) is 13.9. The summed E-state index contributed by atoms with van der Waals surface area (Å²) < 4.78 is 0. The van der Waals surface area contributed by atoms with Gasteiger partial charge in [0.05, 0.1) is 13.1 Å². The van der Waals surface area contributed by atoms with Gasteiger partial charge in [-0.15, -0.1) is 0 Å². The van der Waals surface area contributed by atoms with Crippen molar-refractivity contribution >= 4 is 53.3 Å². The minimum Gasteiger partial charge on any atom is -0.480 e. The highest BCUT2D eigenvalue weighted by atomic mass is 16.4. The number of hydrogen-bond acceptors (Lipinski definition) is 10. The number of carboxylic acid groups (broad SMARTS) is 1. The molecule has 0 fully saturated rings. The number of hydrogen-bond donors (Lipinski definition) is 12. The van der Waals surface area contributed by atoms with E-state index in [0.717, 1.165) is 0 Å². The maximum absolute atomic E-state index is 14.0. The summed E-state index contributed by atoms with van der Waals surface area (Å²) in [5, 5.41) is 25.3. The predicted octanol–water partition coefficient (Wildman–Crippen LogP) is -2.99. The van der Waals surface area contributed by atoms with Gasteiger partial charge in [0.15, 0.2) is 11.9 Å². The molecular formula is C37H63N13O8. The van der Waals surface area contributed by atoms with Crippen LogP contribution in [0.2, 0.25) is 0 Å². The van der Waals surface area contributed by atoms with E-state index < -0.39 is 84.1 Å². The van der Waals surface area contributed by atoms with Gasteiger partial charge >= 0.3 is 5.97 Å². The van der Waals surface area contributed by atoms with E-state index in [1.54, 1.807) is 44.2 Å². The van der Waals surface area contributed by atoms with Crippen LogP contribution < -0.4 is 60.6 Å². The number of amides is 6. The van der Waals surface area contributed by atoms with Crippen molar-refractivity contribution in [1.29, 1.82) is 0 Å². The minimum absolute atomic E-state index is 0.00627. The summed E-state index contributed by atoms with van der Waals surface area (Å²) >= 11 is 0. The largest absolute Gasteiger partial charge is 0.480 e. The van der Waals surface area contributed by atoms with Crippen molar-refractivity contribution in [1.82, 2.24) is 31.9 Å². The summed E-state index contributed by atoms with van der Waals surface area (Å²) in [6.07, 6.45) is 1.05. The zero-order valence-electron chi connectivity index (χ0n) is 33.8. The molecule has 0 saturated carbocycles. The van der Waals surface area contributed by atoms with Gasteiger partial charge in [0, 0.05) is 19.5 Å². The third kappa shape index (κ3) is 20.3. The quantitative estimate of drug-likeness (QED) is 0.0240. The second-order valence-electron chi connectivity index (χ2n) is 14.2. The molecule has 0 aliphatic heterocycles. The lowest BCUT2D eigenvalue weighted by Gasteiger charge is -2.28. The van der Waals surface area contributed by atoms with Crippen molar-refractivity contribution in [2.24, 2.45) is 50.5 Å². The monoisotopic (exact) mass is 817 g/mol. The van der Waals surface area contributed by atoms with E-state index in [1.807, 2.05) is 13.8 Å². The van der Waals surface area contributed by atoms with Crippen LogP contribution in [0.25, 0.3) is 0 Å². The molecule has 6 amide bonds. The summed E-state index contributed by atoms with van der Waals surface area (Å²) in [6.45, 7) is 6.52. The minimum atomic E-state index is -1.28. The van der Waals surface area contributed by atoms with E-state index >= 15 is 0 Å². The van der Waals surface area contributed by atoms with Crippen LogP contribution in [0.15, 0.2) is 40.3 Å². The highest BCUT2D eigenvalue weighted by Crippen LogP contribution is 2.12. The fraction of sp³-hybridized carbons (Fsp3) is 0.595. The van der Waals surface area contributed by atoms with Gasteiger partial charge in [0.1, 0.15) is 30.2 Å². The maximum atomic E-state index is 14.0. The number of nitrogens with one attached hydrogen (secondary N) is 6. The number of carbonyl (C=O) groups is 7. The van der Waals surface area contributed by atoms with Gasteiger partial charge in [-0.2, -0.15) is 0 Å². The van der Waals surface area contributed by atoms with Gasteiger partial charge in [-0.25, -0.2) is 4.79 Å². The lowest BCUT2D eigenvalue weighted by Crippen LogP contribution is -2.59. The van der Waals surface area contributed by atoms with E-state index in [0.29, 0.717) is 12.0 Å². The van der Waals surface area contributed by atoms with Crippen molar-refractivity contribution in [2.45, 2.75) is 103 Å². The van der Waals surface area contributed by atoms with Crippen LogP contribution in [-0.4, -0.2) is 115 Å². The number of benzene rings is 1. The fourth-order valence-electron chi connectivity index (χ4n) is 5.56. The first-order chi connectivity index (χ1) is 27.4. The molecule has 21 nitrogen and oxygen atoms in total. The van der Waals surface area contributed by atoms with Crippen LogP contribution in [0.5, 0.6) is 0 Å². The Morgan fingerprint density at radius 3 is 1.62 bits per heavy atom. The van der Waals surface area contributed by atoms with Crippen molar-refractivity contribution in [3.63, 3.8) is 0 Å². The molecule has 0 saturated heterocycles. The van der Waals surface area contributed by atoms with Crippen LogP contribution in [0, 0.1) is 11.8 Å². The average molecular weight is 818 g/mol. The van der Waals surface area contributed by atoms with Gasteiger partial charge in [-0.1, -0.05) is 64.4 Å². The van der Waals surface area contributed by atoms with E-state index in [9.17, 15) is 38.7 Å². The topological polar surface area (TPSA) is 367 Å². The Kier molecular flexibility index (Phi) is 23.1. The van der Waals surface area contributed by atoms with E-state index in [4.69, 9.17) is 28.7 Å². The Morgan fingerprint density at radius 1 is 0.672 bits per heavy atom. The molecule has 6 unspecified atom stereocenters. The highest BCUT2D eigenvalue weighted by molar-refractivity contribution is 5.96. The first kappa shape index (κ1) is 50.0. The fourth-order valence-corrected chi connectivity index (χ4v) is 5.56. The summed E-state index contributed by atoms with van der Waals surface area (Å²) in [5.74, 6) is -6.41. The second-order valence-corrected chi connectivity index (χ2v) is 14.2. The third-order valence-electron chi connectivity index (χ3n) is 8.84. The number of aliphatic carboxylic acids is 1. The van der Waals surface area contributed by atoms with Crippen molar-refractivity contribution in [3.05, 3.63) is 35.9 Å². The SMILES string of the molecule is CCC(C)C(NC(=O)C(CCCN=C(N)N)NC(=O)C(CCCN=C(N)N)NC(=O)C(CC(C)C)NC(=O)C(Cc1ccccc1)NC(=O)CNC(=O)CN)C(=O)O. The lowest BCUT2D eigenvalue weighted by atomic mass is 9.98. The molecule has 0 aliphatic rings. The second kappa shape index (κ2) is 26.8. The van der Waals surface area contributed by atoms with E-state index in [1.165, 1.54) is 0 Å². The van der Waals surface area contributed by atoms with Gasteiger partial charge in [-0.3, -0.25) is 38.8 Å². The highest BCUT2D eigenvalue weighted by Gasteiger charge is 2.33. The van der Waals surface area contributed by atoms with Crippen LogP contribution in [0.1, 0.15) is 71.8 Å². The first-order valence-corrected chi connectivity index (χ1v) is 19.2. The molecule has 58 heavy (non-hydrogen) atoms. The molecule has 1 aromatic rings. The summed E-state index contributed by atoms with van der Waals surface area (Å²) in [7, 11) is 0. The standard InChI is InChI=1S/C37H63N13O8/c1-5-22(4)30(35(57)58)50-32(54)25(14-10-16-44-37(41)42)47-31(53)24(13-9-15-43-36(39)40)48-33(55)26(17-21(2)3)49-34(56)27(18-23-11-7-6-8-12-23)46-29(52)20-45-28(51)19-38/h6-8,11-12,21-22,24-27,30H,5,9-10,13-20,38H2,1-4H3,(H,45,51)(H,46,52)(H,47,53)(H,48,55)(H,49,56)(H,50,54)(H,57,58)(H4,39,40,43)(H4,41,42,44). The van der Waals surface area contributed by atoms with Crippen LogP contribution in [0.4, 0.5) is 0 Å². The van der Waals surface area contributed by atoms with Gasteiger partial charge in [0.25, 0.3) is 0 Å². The molecule has 0 aromatic heterocycles. The Morgan fingerprint density at radius 2 is 1.16 bits per heavy atom. The lowest BCUT2D eigenvalue weighted by molar-refractivity contribution is -0.144. The molecule has 0 heterocycles. The first-order valence-electron chi connectivity index (χ1n) is 19.2. The van der Waals surface area contributed by atoms with Gasteiger partial charge < -0.3 is 65.7 Å². The summed E-state index contributed by atoms with van der Waals surface area (Å²) in [4.78, 5) is 99.6. The van der Waals surface area contributed by atoms with Crippen LogP contribution in [-0.2, 0) is 40.0 Å². The van der Waals surface area contributed by atoms with Gasteiger partial charge in [-0.05, 0) is 49.5 Å². The van der Waals surface area contributed by atoms with Crippen molar-refractivity contribution in [3.8, 4) is 0 Å². The molecule has 0 spiro atoms. The summed E-state index contributed by atoms with van der Waals surface area (Å²) in [6, 6.07) is 2.67. The molecule has 0 radical (unpaired) electrons. The molecular weight excluding hydrogens is 754 g/mol. The number of aliphatic imine (C=N–C) groups is 2. The Bertz CT molecular complexity index is 1570. The van der Waals surface area contributed by atoms with Crippen LogP contribution in [0.3, 0.4) is 0 Å².